The molecule has 0 bridgehead atoms. The van der Waals surface area contributed by atoms with E-state index in [0.717, 1.165) is 19.3 Å². The molecule has 0 aromatic heterocycles. The monoisotopic (exact) mass is 570 g/mol. The Kier molecular flexibility index (Phi) is 14.4. The lowest BCUT2D eigenvalue weighted by molar-refractivity contribution is -0.332. The van der Waals surface area contributed by atoms with Crippen LogP contribution in [-0.4, -0.2) is 142 Å². The second-order valence-corrected chi connectivity index (χ2v) is 9.60. The summed E-state index contributed by atoms with van der Waals surface area (Å²) in [6.45, 7) is 1.29. The first-order valence-electron chi connectivity index (χ1n) is 13.1. The zero-order chi connectivity index (χ0) is 29.1. The first kappa shape index (κ1) is 33.7. The Balaban J connectivity index is 1.96. The fraction of sp³-hybridized carbons (Fsp3) is 0.917. The molecule has 0 spiro atoms. The highest BCUT2D eigenvalue weighted by molar-refractivity contribution is 5.69. The van der Waals surface area contributed by atoms with Gasteiger partial charge in [-0.1, -0.05) is 26.2 Å². The predicted molar refractivity (Wildman–Crippen MR) is 128 cm³/mol. The number of carbonyl (C=O) groups excluding carboxylic acids is 2. The smallest absolute Gasteiger partial charge is 0.306 e. The van der Waals surface area contributed by atoms with Crippen molar-refractivity contribution in [2.75, 3.05) is 26.4 Å². The normalized spacial score (nSPS) is 35.8. The molecular weight excluding hydrogens is 528 g/mol. The molecule has 15 heteroatoms. The summed E-state index contributed by atoms with van der Waals surface area (Å²) in [7, 11) is 0. The Hall–Kier alpha value is -1.50. The van der Waals surface area contributed by atoms with Crippen LogP contribution in [-0.2, 0) is 38.0 Å². The molecule has 39 heavy (non-hydrogen) atoms. The number of carbonyl (C=O) groups is 2. The van der Waals surface area contributed by atoms with Gasteiger partial charge in [0.05, 0.1) is 19.8 Å². The summed E-state index contributed by atoms with van der Waals surface area (Å²) >= 11 is 0. The maximum atomic E-state index is 12.2. The van der Waals surface area contributed by atoms with Crippen LogP contribution < -0.4 is 0 Å². The second kappa shape index (κ2) is 16.7. The van der Waals surface area contributed by atoms with Crippen molar-refractivity contribution in [1.29, 1.82) is 0 Å². The fourth-order valence-corrected chi connectivity index (χ4v) is 4.06. The van der Waals surface area contributed by atoms with Crippen molar-refractivity contribution in [3.05, 3.63) is 0 Å². The molecule has 2 heterocycles. The molecule has 2 aliphatic heterocycles. The summed E-state index contributed by atoms with van der Waals surface area (Å²) in [5.41, 5.74) is 0. The number of hydrogen-bond acceptors (Lipinski definition) is 15. The van der Waals surface area contributed by atoms with E-state index in [2.05, 4.69) is 0 Å². The van der Waals surface area contributed by atoms with Gasteiger partial charge in [-0.3, -0.25) is 9.59 Å². The van der Waals surface area contributed by atoms with Gasteiger partial charge in [0.1, 0.15) is 55.4 Å². The molecule has 15 nitrogen and oxygen atoms in total. The van der Waals surface area contributed by atoms with Crippen molar-refractivity contribution in [2.45, 2.75) is 113 Å². The van der Waals surface area contributed by atoms with Crippen molar-refractivity contribution < 1.29 is 73.8 Å². The van der Waals surface area contributed by atoms with Crippen molar-refractivity contribution in [3.8, 4) is 0 Å². The summed E-state index contributed by atoms with van der Waals surface area (Å²) in [6, 6.07) is 0. The number of aliphatic hydroxyl groups excluding tert-OH is 7. The van der Waals surface area contributed by atoms with Gasteiger partial charge in [-0.15, -0.1) is 0 Å². The Morgan fingerprint density at radius 2 is 1.36 bits per heavy atom. The van der Waals surface area contributed by atoms with Gasteiger partial charge in [-0.2, -0.15) is 0 Å². The zero-order valence-corrected chi connectivity index (χ0v) is 22.1. The van der Waals surface area contributed by atoms with Crippen LogP contribution in [0, 0.1) is 0 Å². The maximum absolute atomic E-state index is 12.2. The minimum absolute atomic E-state index is 0.154. The van der Waals surface area contributed by atoms with Gasteiger partial charge in [0, 0.05) is 13.3 Å². The van der Waals surface area contributed by atoms with Crippen LogP contribution in [0.5, 0.6) is 0 Å². The molecule has 0 aromatic carbocycles. The minimum Gasteiger partial charge on any atom is -0.462 e. The van der Waals surface area contributed by atoms with Crippen molar-refractivity contribution >= 4 is 11.9 Å². The highest BCUT2D eigenvalue weighted by Crippen LogP contribution is 2.26. The molecular formula is C24H42O15. The minimum atomic E-state index is -1.75. The van der Waals surface area contributed by atoms with Crippen molar-refractivity contribution in [2.24, 2.45) is 0 Å². The molecule has 228 valence electrons. The SMILES string of the molecule is CCCCCCC(=O)OC(COC(C)=O)COC1OC(COC2OC(CO)C(O)C(O)C2O)C(O)C(O)C1O. The van der Waals surface area contributed by atoms with Crippen LogP contribution in [0.3, 0.4) is 0 Å². The zero-order valence-electron chi connectivity index (χ0n) is 22.1. The third-order valence-corrected chi connectivity index (χ3v) is 6.39. The lowest BCUT2D eigenvalue weighted by Crippen LogP contribution is -2.61. The maximum Gasteiger partial charge on any atom is 0.306 e. The van der Waals surface area contributed by atoms with Gasteiger partial charge in [0.25, 0.3) is 0 Å². The average Bonchev–Trinajstić information content (AvgIpc) is 2.91. The molecule has 0 aromatic rings. The molecule has 2 rings (SSSR count). The highest BCUT2D eigenvalue weighted by atomic mass is 16.7. The second-order valence-electron chi connectivity index (χ2n) is 9.60. The van der Waals surface area contributed by atoms with Gasteiger partial charge in [0.2, 0.25) is 0 Å². The predicted octanol–water partition coefficient (Wildman–Crippen LogP) is -2.93. The van der Waals surface area contributed by atoms with Crippen LogP contribution in [0.1, 0.15) is 46.0 Å². The summed E-state index contributed by atoms with van der Waals surface area (Å²) in [5.74, 6) is -1.14. The van der Waals surface area contributed by atoms with Crippen LogP contribution in [0.25, 0.3) is 0 Å². The Morgan fingerprint density at radius 3 is 1.95 bits per heavy atom. The molecule has 11 unspecified atom stereocenters. The van der Waals surface area contributed by atoms with Crippen LogP contribution in [0.2, 0.25) is 0 Å². The van der Waals surface area contributed by atoms with E-state index in [0.29, 0.717) is 6.42 Å². The van der Waals surface area contributed by atoms with E-state index >= 15 is 0 Å². The average molecular weight is 571 g/mol. The van der Waals surface area contributed by atoms with E-state index in [1.54, 1.807) is 0 Å². The lowest BCUT2D eigenvalue weighted by Gasteiger charge is -2.42. The summed E-state index contributed by atoms with van der Waals surface area (Å²) < 4.78 is 31.9. The fourth-order valence-electron chi connectivity index (χ4n) is 4.06. The Bertz CT molecular complexity index is 736. The molecule has 0 aliphatic carbocycles. The number of esters is 2. The molecule has 7 N–H and O–H groups in total. The van der Waals surface area contributed by atoms with Crippen LogP contribution in [0.15, 0.2) is 0 Å². The summed E-state index contributed by atoms with van der Waals surface area (Å²) in [5, 5.41) is 70.2. The van der Waals surface area contributed by atoms with E-state index in [9.17, 15) is 45.3 Å². The van der Waals surface area contributed by atoms with Gasteiger partial charge in [-0.05, 0) is 6.42 Å². The lowest BCUT2D eigenvalue weighted by atomic mass is 9.98. The third kappa shape index (κ3) is 10.1. The molecule has 0 radical (unpaired) electrons. The molecule has 2 aliphatic rings. The number of aliphatic hydroxyl groups is 7. The Morgan fingerprint density at radius 1 is 0.769 bits per heavy atom. The van der Waals surface area contributed by atoms with E-state index in [4.69, 9.17) is 28.4 Å². The third-order valence-electron chi connectivity index (χ3n) is 6.39. The first-order chi connectivity index (χ1) is 18.5. The quantitative estimate of drug-likeness (QED) is 0.0772. The topological polar surface area (TPSA) is 231 Å². The van der Waals surface area contributed by atoms with E-state index < -0.39 is 99.3 Å². The standard InChI is InChI=1S/C24H42O15/c1-3-4-5-6-7-16(27)37-13(9-34-12(2)26)10-35-23-22(33)20(31)18(29)15(39-23)11-36-24-21(32)19(30)17(28)14(8-25)38-24/h13-15,17-25,28-33H,3-11H2,1-2H3. The van der Waals surface area contributed by atoms with Gasteiger partial charge in [0.15, 0.2) is 18.7 Å². The van der Waals surface area contributed by atoms with E-state index in [1.807, 2.05) is 6.92 Å². The van der Waals surface area contributed by atoms with Crippen molar-refractivity contribution in [1.82, 2.24) is 0 Å². The summed E-state index contributed by atoms with van der Waals surface area (Å²) in [6.07, 6.45) is -13.2. The van der Waals surface area contributed by atoms with E-state index in [-0.39, 0.29) is 13.0 Å². The molecule has 0 amide bonds. The number of ether oxygens (including phenoxy) is 6. The van der Waals surface area contributed by atoms with Gasteiger partial charge in [-0.25, -0.2) is 0 Å². The van der Waals surface area contributed by atoms with Crippen LogP contribution >= 0.6 is 0 Å². The largest absolute Gasteiger partial charge is 0.462 e. The molecule has 2 saturated heterocycles. The summed E-state index contributed by atoms with van der Waals surface area (Å²) in [4.78, 5) is 23.5. The van der Waals surface area contributed by atoms with Gasteiger partial charge < -0.3 is 64.2 Å². The number of unbranched alkanes of at least 4 members (excludes halogenated alkanes) is 3. The Labute approximate surface area is 226 Å². The van der Waals surface area contributed by atoms with Gasteiger partial charge >= 0.3 is 11.9 Å². The van der Waals surface area contributed by atoms with Crippen molar-refractivity contribution in [3.63, 3.8) is 0 Å². The van der Waals surface area contributed by atoms with Crippen LogP contribution in [0.4, 0.5) is 0 Å². The first-order valence-corrected chi connectivity index (χ1v) is 13.1. The van der Waals surface area contributed by atoms with E-state index in [1.165, 1.54) is 6.92 Å². The molecule has 0 saturated carbocycles. The molecule has 2 fully saturated rings. The molecule has 11 atom stereocenters. The number of rotatable bonds is 15. The number of hydrogen-bond donors (Lipinski definition) is 7. The highest BCUT2D eigenvalue weighted by Gasteiger charge is 2.47.